The van der Waals surface area contributed by atoms with Gasteiger partial charge in [0.05, 0.1) is 23.4 Å². The second-order valence-corrected chi connectivity index (χ2v) is 8.57. The Bertz CT molecular complexity index is 1470. The van der Waals surface area contributed by atoms with Gasteiger partial charge in [0.15, 0.2) is 11.6 Å². The van der Waals surface area contributed by atoms with Crippen molar-refractivity contribution in [3.8, 4) is 28.8 Å². The molecule has 0 radical (unpaired) electrons. The first-order valence-electron chi connectivity index (χ1n) is 11.8. The largest absolute Gasteiger partial charge is 0.486 e. The third-order valence-corrected chi connectivity index (χ3v) is 6.31. The van der Waals surface area contributed by atoms with Gasteiger partial charge in [0.1, 0.15) is 12.4 Å². The van der Waals surface area contributed by atoms with Crippen LogP contribution in [-0.4, -0.2) is 31.7 Å². The average molecular weight is 487 g/mol. The molecule has 1 amide bonds. The van der Waals surface area contributed by atoms with E-state index >= 15 is 0 Å². The molecular formula is C28H24F2N4O2. The highest BCUT2D eigenvalue weighted by Crippen LogP contribution is 2.34. The highest BCUT2D eigenvalue weighted by atomic mass is 19.2. The molecular weight excluding hydrogens is 462 g/mol. The standard InChI is InChI=1S/C28H24F2N4O2/c1-2-6-25(35)33-15-4-3-8-22(33)28-32-27(23-17-31-14-16-34(23)28)20-12-10-19(11-13-20)18-36-24-9-5-7-21(29)26(24)30/h5,7,9-14,16-17,22H,3-4,8,15,18H2,1H3. The molecule has 2 aromatic carbocycles. The number of carbonyl (C=O) groups excluding carboxylic acids is 1. The van der Waals surface area contributed by atoms with Gasteiger partial charge in [0.2, 0.25) is 5.82 Å². The minimum Gasteiger partial charge on any atom is -0.486 e. The third kappa shape index (κ3) is 4.52. The number of hydrogen-bond acceptors (Lipinski definition) is 4. The van der Waals surface area contributed by atoms with E-state index in [2.05, 4.69) is 16.8 Å². The Hall–Kier alpha value is -4.25. The fourth-order valence-electron chi connectivity index (χ4n) is 4.55. The van der Waals surface area contributed by atoms with Crippen LogP contribution in [0.3, 0.4) is 0 Å². The van der Waals surface area contributed by atoms with Crippen LogP contribution in [0.15, 0.2) is 61.1 Å². The monoisotopic (exact) mass is 486 g/mol. The Morgan fingerprint density at radius 2 is 2.00 bits per heavy atom. The lowest BCUT2D eigenvalue weighted by Crippen LogP contribution is -2.38. The molecule has 1 fully saturated rings. The molecule has 1 aliphatic heterocycles. The van der Waals surface area contributed by atoms with Gasteiger partial charge in [0.25, 0.3) is 5.91 Å². The van der Waals surface area contributed by atoms with E-state index in [1.54, 1.807) is 19.3 Å². The molecule has 1 atom stereocenters. The molecule has 0 bridgehead atoms. The number of imidazole rings is 1. The smallest absolute Gasteiger partial charge is 0.299 e. The summed E-state index contributed by atoms with van der Waals surface area (Å²) >= 11 is 0. The number of halogens is 2. The number of likely N-dealkylation sites (tertiary alicyclic amines) is 1. The van der Waals surface area contributed by atoms with Crippen molar-refractivity contribution in [2.24, 2.45) is 0 Å². The number of hydrogen-bond donors (Lipinski definition) is 0. The van der Waals surface area contributed by atoms with Crippen LogP contribution in [0.4, 0.5) is 8.78 Å². The number of amides is 1. The molecule has 1 unspecified atom stereocenters. The lowest BCUT2D eigenvalue weighted by Gasteiger charge is -2.33. The summed E-state index contributed by atoms with van der Waals surface area (Å²) in [4.78, 5) is 23.8. The number of carbonyl (C=O) groups is 1. The van der Waals surface area contributed by atoms with Crippen LogP contribution in [-0.2, 0) is 11.4 Å². The molecule has 6 nitrogen and oxygen atoms in total. The van der Waals surface area contributed by atoms with Gasteiger partial charge in [-0.1, -0.05) is 36.3 Å². The van der Waals surface area contributed by atoms with Gasteiger partial charge in [0, 0.05) is 24.5 Å². The Morgan fingerprint density at radius 1 is 1.17 bits per heavy atom. The zero-order valence-corrected chi connectivity index (χ0v) is 19.7. The normalized spacial score (nSPS) is 15.4. The van der Waals surface area contributed by atoms with Crippen LogP contribution in [0.1, 0.15) is 43.6 Å². The molecule has 0 spiro atoms. The van der Waals surface area contributed by atoms with Crippen molar-refractivity contribution in [2.75, 3.05) is 6.54 Å². The van der Waals surface area contributed by atoms with Crippen LogP contribution >= 0.6 is 0 Å². The molecule has 36 heavy (non-hydrogen) atoms. The Labute approximate surface area is 207 Å². The number of aromatic nitrogens is 3. The maximum Gasteiger partial charge on any atom is 0.299 e. The van der Waals surface area contributed by atoms with Crippen molar-refractivity contribution in [1.82, 2.24) is 19.3 Å². The van der Waals surface area contributed by atoms with Gasteiger partial charge < -0.3 is 9.64 Å². The summed E-state index contributed by atoms with van der Waals surface area (Å²) in [6.07, 6.45) is 8.08. The van der Waals surface area contributed by atoms with Gasteiger partial charge >= 0.3 is 0 Å². The molecule has 1 aliphatic rings. The molecule has 3 heterocycles. The summed E-state index contributed by atoms with van der Waals surface area (Å²) in [5.74, 6) is 3.89. The Balaban J connectivity index is 1.44. The molecule has 0 saturated carbocycles. The van der Waals surface area contributed by atoms with E-state index in [0.29, 0.717) is 6.54 Å². The molecule has 8 heteroatoms. The molecule has 4 aromatic rings. The zero-order chi connectivity index (χ0) is 25.1. The highest BCUT2D eigenvalue weighted by molar-refractivity contribution is 5.93. The van der Waals surface area contributed by atoms with Crippen LogP contribution in [0.2, 0.25) is 0 Å². The maximum absolute atomic E-state index is 13.9. The average Bonchev–Trinajstić information content (AvgIpc) is 3.29. The van der Waals surface area contributed by atoms with E-state index in [1.165, 1.54) is 12.1 Å². The van der Waals surface area contributed by atoms with Crippen LogP contribution in [0.25, 0.3) is 16.8 Å². The first kappa shape index (κ1) is 23.5. The molecule has 182 valence electrons. The predicted octanol–water partition coefficient (Wildman–Crippen LogP) is 5.33. The zero-order valence-electron chi connectivity index (χ0n) is 19.7. The van der Waals surface area contributed by atoms with E-state index in [9.17, 15) is 13.6 Å². The summed E-state index contributed by atoms with van der Waals surface area (Å²) in [6.45, 7) is 2.40. The van der Waals surface area contributed by atoms with Crippen molar-refractivity contribution in [3.63, 3.8) is 0 Å². The van der Waals surface area contributed by atoms with Gasteiger partial charge in [-0.3, -0.25) is 14.2 Å². The number of benzene rings is 2. The van der Waals surface area contributed by atoms with E-state index in [-0.39, 0.29) is 24.3 Å². The van der Waals surface area contributed by atoms with Crippen molar-refractivity contribution < 1.29 is 18.3 Å². The van der Waals surface area contributed by atoms with Gasteiger partial charge in [-0.15, -0.1) is 0 Å². The quantitative estimate of drug-likeness (QED) is 0.358. The lowest BCUT2D eigenvalue weighted by molar-refractivity contribution is -0.129. The molecule has 1 saturated heterocycles. The maximum atomic E-state index is 13.9. The van der Waals surface area contributed by atoms with Crippen LogP contribution in [0, 0.1) is 23.5 Å². The predicted molar refractivity (Wildman–Crippen MR) is 131 cm³/mol. The summed E-state index contributed by atoms with van der Waals surface area (Å²) in [7, 11) is 0. The minimum atomic E-state index is -1.00. The second kappa shape index (κ2) is 10.2. The number of rotatable bonds is 5. The number of piperidine rings is 1. The number of ether oxygens (including phenoxy) is 1. The summed E-state index contributed by atoms with van der Waals surface area (Å²) in [6, 6.07) is 11.2. The van der Waals surface area contributed by atoms with E-state index in [1.807, 2.05) is 39.8 Å². The van der Waals surface area contributed by atoms with Crippen molar-refractivity contribution in [3.05, 3.63) is 84.1 Å². The van der Waals surface area contributed by atoms with E-state index in [4.69, 9.17) is 9.72 Å². The van der Waals surface area contributed by atoms with Crippen LogP contribution in [0.5, 0.6) is 5.75 Å². The number of nitrogens with zero attached hydrogens (tertiary/aromatic N) is 4. The number of fused-ring (bicyclic) bond motifs is 1. The third-order valence-electron chi connectivity index (χ3n) is 6.31. The van der Waals surface area contributed by atoms with Crippen molar-refractivity contribution >= 4 is 11.4 Å². The van der Waals surface area contributed by atoms with E-state index in [0.717, 1.165) is 53.5 Å². The molecule has 0 N–H and O–H groups in total. The first-order valence-corrected chi connectivity index (χ1v) is 11.8. The fourth-order valence-corrected chi connectivity index (χ4v) is 4.55. The summed E-state index contributed by atoms with van der Waals surface area (Å²) in [5, 5.41) is 0. The Morgan fingerprint density at radius 3 is 2.81 bits per heavy atom. The first-order chi connectivity index (χ1) is 17.6. The summed E-state index contributed by atoms with van der Waals surface area (Å²) < 4.78 is 34.7. The molecule has 5 rings (SSSR count). The topological polar surface area (TPSA) is 59.7 Å². The van der Waals surface area contributed by atoms with Gasteiger partial charge in [-0.25, -0.2) is 9.37 Å². The SMILES string of the molecule is CC#CC(=O)N1CCCCC1c1nc(-c2ccc(COc3cccc(F)c3F)cc2)c2cnccn12. The highest BCUT2D eigenvalue weighted by Gasteiger charge is 2.31. The van der Waals surface area contributed by atoms with Gasteiger partial charge in [-0.05, 0) is 49.8 Å². The minimum absolute atomic E-state index is 0.0923. The van der Waals surface area contributed by atoms with Crippen molar-refractivity contribution in [1.29, 1.82) is 0 Å². The Kier molecular flexibility index (Phi) is 6.63. The van der Waals surface area contributed by atoms with Crippen LogP contribution < -0.4 is 4.74 Å². The fraction of sp³-hybridized carbons (Fsp3) is 0.250. The second-order valence-electron chi connectivity index (χ2n) is 8.57. The summed E-state index contributed by atoms with van der Waals surface area (Å²) in [5.41, 5.74) is 3.25. The lowest BCUT2D eigenvalue weighted by atomic mass is 10.0. The van der Waals surface area contributed by atoms with E-state index < -0.39 is 11.6 Å². The molecule has 0 aliphatic carbocycles. The van der Waals surface area contributed by atoms with Crippen molar-refractivity contribution in [2.45, 2.75) is 38.8 Å². The molecule has 2 aromatic heterocycles. The van der Waals surface area contributed by atoms with Gasteiger partial charge in [-0.2, -0.15) is 4.39 Å².